The van der Waals surface area contributed by atoms with Crippen LogP contribution < -0.4 is 10.2 Å². The molecule has 2 aromatic rings. The summed E-state index contributed by atoms with van der Waals surface area (Å²) in [6.07, 6.45) is 0.407. The summed E-state index contributed by atoms with van der Waals surface area (Å²) < 4.78 is 0. The van der Waals surface area contributed by atoms with Crippen LogP contribution in [0.1, 0.15) is 12.5 Å². The van der Waals surface area contributed by atoms with Crippen molar-refractivity contribution in [3.63, 3.8) is 0 Å². The maximum atomic E-state index is 12.2. The number of benzene rings is 2. The largest absolute Gasteiger partial charge is 0.481 e. The van der Waals surface area contributed by atoms with Gasteiger partial charge in [0.15, 0.2) is 0 Å². The van der Waals surface area contributed by atoms with Crippen LogP contribution in [0.3, 0.4) is 0 Å². The first kappa shape index (κ1) is 19.9. The Bertz CT molecular complexity index is 835. The smallest absolute Gasteiger partial charge is 0.306 e. The van der Waals surface area contributed by atoms with E-state index in [-0.39, 0.29) is 18.1 Å². The zero-order chi connectivity index (χ0) is 20.0. The number of nitro groups is 1. The summed E-state index contributed by atoms with van der Waals surface area (Å²) in [7, 11) is 1.61. The molecular formula is C19H21N3O5. The number of para-hydroxylation sites is 2. The zero-order valence-electron chi connectivity index (χ0n) is 15.1. The number of carbonyl (C=O) groups is 2. The minimum atomic E-state index is -0.856. The first-order valence-electron chi connectivity index (χ1n) is 8.34. The zero-order valence-corrected chi connectivity index (χ0v) is 15.1. The number of carbonyl (C=O) groups excluding carboxylic acids is 1. The van der Waals surface area contributed by atoms with Crippen LogP contribution in [-0.4, -0.2) is 35.5 Å². The van der Waals surface area contributed by atoms with Crippen LogP contribution in [0.25, 0.3) is 0 Å². The highest BCUT2D eigenvalue weighted by Gasteiger charge is 2.18. The molecule has 1 unspecified atom stereocenters. The summed E-state index contributed by atoms with van der Waals surface area (Å²) in [5, 5.41) is 22.8. The molecule has 0 aromatic heterocycles. The number of hydrogen-bond acceptors (Lipinski definition) is 5. The highest BCUT2D eigenvalue weighted by Crippen LogP contribution is 2.26. The fourth-order valence-corrected chi connectivity index (χ4v) is 2.61. The molecule has 142 valence electrons. The number of nitro benzene ring substituents is 1. The Morgan fingerprint density at radius 1 is 1.19 bits per heavy atom. The van der Waals surface area contributed by atoms with Crippen LogP contribution in [0.5, 0.6) is 0 Å². The highest BCUT2D eigenvalue weighted by atomic mass is 16.6. The van der Waals surface area contributed by atoms with E-state index >= 15 is 0 Å². The van der Waals surface area contributed by atoms with Crippen LogP contribution in [0.2, 0.25) is 0 Å². The lowest BCUT2D eigenvalue weighted by molar-refractivity contribution is -0.384. The van der Waals surface area contributed by atoms with Crippen LogP contribution in [0.15, 0.2) is 48.5 Å². The number of rotatable bonds is 8. The average molecular weight is 371 g/mol. The molecule has 2 aromatic carbocycles. The predicted octanol–water partition coefficient (Wildman–Crippen LogP) is 2.93. The maximum absolute atomic E-state index is 12.2. The molecule has 0 bridgehead atoms. The molecule has 0 heterocycles. The van der Waals surface area contributed by atoms with E-state index in [1.165, 1.54) is 11.0 Å². The van der Waals surface area contributed by atoms with Gasteiger partial charge < -0.3 is 15.3 Å². The van der Waals surface area contributed by atoms with Crippen molar-refractivity contribution in [1.82, 2.24) is 0 Å². The molecule has 0 aliphatic carbocycles. The maximum Gasteiger partial charge on any atom is 0.306 e. The number of amides is 1. The van der Waals surface area contributed by atoms with Crippen molar-refractivity contribution < 1.29 is 19.6 Å². The third kappa shape index (κ3) is 5.53. The first-order valence-corrected chi connectivity index (χ1v) is 8.34. The summed E-state index contributed by atoms with van der Waals surface area (Å²) in [6.45, 7) is 1.58. The van der Waals surface area contributed by atoms with Crippen LogP contribution in [0.4, 0.5) is 17.1 Å². The Balaban J connectivity index is 1.97. The van der Waals surface area contributed by atoms with Crippen molar-refractivity contribution in [3.8, 4) is 0 Å². The van der Waals surface area contributed by atoms with Gasteiger partial charge in [-0.05, 0) is 30.2 Å². The topological polar surface area (TPSA) is 113 Å². The van der Waals surface area contributed by atoms with Gasteiger partial charge in [-0.2, -0.15) is 0 Å². The lowest BCUT2D eigenvalue weighted by atomic mass is 10.0. The summed E-state index contributed by atoms with van der Waals surface area (Å²) in [4.78, 5) is 35.2. The molecule has 8 heteroatoms. The van der Waals surface area contributed by atoms with Gasteiger partial charge in [-0.1, -0.05) is 31.2 Å². The summed E-state index contributed by atoms with van der Waals surface area (Å²) >= 11 is 0. The van der Waals surface area contributed by atoms with Gasteiger partial charge in [0, 0.05) is 18.8 Å². The average Bonchev–Trinajstić information content (AvgIpc) is 2.63. The molecule has 2 rings (SSSR count). The van der Waals surface area contributed by atoms with E-state index in [2.05, 4.69) is 5.32 Å². The second-order valence-corrected chi connectivity index (χ2v) is 6.29. The Morgan fingerprint density at radius 2 is 1.81 bits per heavy atom. The van der Waals surface area contributed by atoms with Gasteiger partial charge >= 0.3 is 5.97 Å². The first-order chi connectivity index (χ1) is 12.8. The predicted molar refractivity (Wildman–Crippen MR) is 102 cm³/mol. The van der Waals surface area contributed by atoms with E-state index in [9.17, 15) is 19.7 Å². The lowest BCUT2D eigenvalue weighted by Gasteiger charge is -2.18. The van der Waals surface area contributed by atoms with Crippen molar-refractivity contribution >= 4 is 28.9 Å². The van der Waals surface area contributed by atoms with E-state index < -0.39 is 16.8 Å². The number of anilines is 2. The number of likely N-dealkylation sites (N-methyl/N-ethyl adjacent to an activating group) is 1. The van der Waals surface area contributed by atoms with Gasteiger partial charge in [-0.3, -0.25) is 19.7 Å². The van der Waals surface area contributed by atoms with Gasteiger partial charge in [0.05, 0.1) is 17.4 Å². The molecular weight excluding hydrogens is 350 g/mol. The van der Waals surface area contributed by atoms with Crippen LogP contribution >= 0.6 is 0 Å². The minimum absolute atomic E-state index is 0.0529. The third-order valence-electron chi connectivity index (χ3n) is 4.07. The van der Waals surface area contributed by atoms with Crippen LogP contribution in [0, 0.1) is 16.0 Å². The molecule has 8 nitrogen and oxygen atoms in total. The van der Waals surface area contributed by atoms with Crippen molar-refractivity contribution in [2.75, 3.05) is 23.8 Å². The molecule has 0 aliphatic rings. The Labute approximate surface area is 156 Å². The van der Waals surface area contributed by atoms with Crippen molar-refractivity contribution in [3.05, 3.63) is 64.2 Å². The Kier molecular flexibility index (Phi) is 6.48. The number of nitrogens with zero attached hydrogens (tertiary/aromatic N) is 2. The van der Waals surface area contributed by atoms with Gasteiger partial charge in [0.25, 0.3) is 5.69 Å². The SMILES string of the molecule is CC(Cc1ccc(NC(=O)CN(C)c2ccccc2[N+](=O)[O-])cc1)C(=O)O. The molecule has 0 spiro atoms. The number of carboxylic acids is 1. The number of aliphatic carboxylic acids is 1. The van der Waals surface area contributed by atoms with Crippen molar-refractivity contribution in [2.45, 2.75) is 13.3 Å². The van der Waals surface area contributed by atoms with Crippen LogP contribution in [-0.2, 0) is 16.0 Å². The van der Waals surface area contributed by atoms with Crippen molar-refractivity contribution in [2.24, 2.45) is 5.92 Å². The quantitative estimate of drug-likeness (QED) is 0.545. The highest BCUT2D eigenvalue weighted by molar-refractivity contribution is 5.94. The Hall–Kier alpha value is -3.42. The third-order valence-corrected chi connectivity index (χ3v) is 4.07. The standard InChI is InChI=1S/C19H21N3O5/c1-13(19(24)25)11-14-7-9-15(10-8-14)20-18(23)12-21(2)16-5-3-4-6-17(16)22(26)27/h3-10,13H,11-12H2,1-2H3,(H,20,23)(H,24,25). The normalized spacial score (nSPS) is 11.5. The van der Waals surface area contributed by atoms with Gasteiger partial charge in [-0.15, -0.1) is 0 Å². The Morgan fingerprint density at radius 3 is 2.41 bits per heavy atom. The number of nitrogens with one attached hydrogen (secondary N) is 1. The van der Waals surface area contributed by atoms with E-state index in [1.807, 2.05) is 0 Å². The summed E-state index contributed by atoms with van der Waals surface area (Å²) in [5.41, 5.74) is 1.72. The molecule has 0 radical (unpaired) electrons. The van der Waals surface area contributed by atoms with Gasteiger partial charge in [0.1, 0.15) is 5.69 Å². The molecule has 27 heavy (non-hydrogen) atoms. The van der Waals surface area contributed by atoms with Gasteiger partial charge in [0.2, 0.25) is 5.91 Å². The number of carboxylic acid groups (broad SMARTS) is 1. The van der Waals surface area contributed by atoms with E-state index in [1.54, 1.807) is 56.4 Å². The second-order valence-electron chi connectivity index (χ2n) is 6.29. The van der Waals surface area contributed by atoms with Gasteiger partial charge in [-0.25, -0.2) is 0 Å². The van der Waals surface area contributed by atoms with E-state index in [0.29, 0.717) is 17.8 Å². The molecule has 0 saturated heterocycles. The summed E-state index contributed by atoms with van der Waals surface area (Å²) in [5.74, 6) is -1.66. The van der Waals surface area contributed by atoms with Crippen molar-refractivity contribution in [1.29, 1.82) is 0 Å². The van der Waals surface area contributed by atoms with E-state index in [0.717, 1.165) is 5.56 Å². The fourth-order valence-electron chi connectivity index (χ4n) is 2.61. The molecule has 2 N–H and O–H groups in total. The lowest BCUT2D eigenvalue weighted by Crippen LogP contribution is -2.30. The minimum Gasteiger partial charge on any atom is -0.481 e. The fraction of sp³-hybridized carbons (Fsp3) is 0.263. The molecule has 0 aliphatic heterocycles. The molecule has 1 amide bonds. The van der Waals surface area contributed by atoms with E-state index in [4.69, 9.17) is 5.11 Å². The monoisotopic (exact) mass is 371 g/mol. The molecule has 0 saturated carbocycles. The number of hydrogen-bond donors (Lipinski definition) is 2. The molecule has 1 atom stereocenters. The second kappa shape index (κ2) is 8.79. The summed E-state index contributed by atoms with van der Waals surface area (Å²) in [6, 6.07) is 13.2. The molecule has 0 fully saturated rings.